The summed E-state index contributed by atoms with van der Waals surface area (Å²) in [6.45, 7) is 0. The molecule has 0 saturated carbocycles. The summed E-state index contributed by atoms with van der Waals surface area (Å²) in [7, 11) is 6.14. The Morgan fingerprint density at radius 1 is 1.03 bits per heavy atom. The number of anilines is 1. The molecule has 3 aromatic rings. The number of carboxylic acids is 1. The summed E-state index contributed by atoms with van der Waals surface area (Å²) in [6, 6.07) is 10.7. The van der Waals surface area contributed by atoms with Gasteiger partial charge in [-0.25, -0.2) is 4.79 Å². The van der Waals surface area contributed by atoms with E-state index in [4.69, 9.17) is 18.9 Å². The number of aromatic carboxylic acids is 1. The molecule has 0 unspecified atom stereocenters. The van der Waals surface area contributed by atoms with E-state index in [9.17, 15) is 14.7 Å². The van der Waals surface area contributed by atoms with Gasteiger partial charge < -0.3 is 33.9 Å². The third-order valence-electron chi connectivity index (χ3n) is 5.71. The Labute approximate surface area is 190 Å². The third-order valence-corrected chi connectivity index (χ3v) is 5.71. The molecule has 33 heavy (non-hydrogen) atoms. The van der Waals surface area contributed by atoms with Crippen molar-refractivity contribution in [2.24, 2.45) is 0 Å². The smallest absolute Gasteiger partial charge is 0.339 e. The Hall–Kier alpha value is -4.14. The van der Waals surface area contributed by atoms with Crippen LogP contribution in [0.15, 0.2) is 42.6 Å². The van der Waals surface area contributed by atoms with Crippen LogP contribution in [-0.4, -0.2) is 50.0 Å². The quantitative estimate of drug-likeness (QED) is 0.563. The molecule has 1 atom stereocenters. The number of nitrogens with one attached hydrogen (secondary N) is 1. The van der Waals surface area contributed by atoms with Gasteiger partial charge in [0.15, 0.2) is 11.5 Å². The average molecular weight is 452 g/mol. The molecule has 1 aliphatic heterocycles. The highest BCUT2D eigenvalue weighted by molar-refractivity contribution is 6.04. The molecule has 0 bridgehead atoms. The molecule has 0 saturated heterocycles. The van der Waals surface area contributed by atoms with Gasteiger partial charge in [0.05, 0.1) is 45.5 Å². The number of methoxy groups -OCH3 is 4. The van der Waals surface area contributed by atoms with Crippen molar-refractivity contribution in [3.05, 3.63) is 59.4 Å². The fourth-order valence-electron chi connectivity index (χ4n) is 4.26. The number of aromatic nitrogens is 1. The summed E-state index contributed by atoms with van der Waals surface area (Å²) in [4.78, 5) is 24.7. The Kier molecular flexibility index (Phi) is 5.87. The molecule has 2 aromatic carbocycles. The van der Waals surface area contributed by atoms with Crippen LogP contribution in [-0.2, 0) is 4.79 Å². The number of carboxylic acid groups (broad SMARTS) is 1. The van der Waals surface area contributed by atoms with Gasteiger partial charge in [-0.15, -0.1) is 0 Å². The monoisotopic (exact) mass is 452 g/mol. The van der Waals surface area contributed by atoms with Crippen LogP contribution in [0, 0.1) is 0 Å². The van der Waals surface area contributed by atoms with Crippen LogP contribution in [0.3, 0.4) is 0 Å². The second-order valence-electron chi connectivity index (χ2n) is 7.40. The first kappa shape index (κ1) is 22.1. The Bertz CT molecular complexity index is 1230. The van der Waals surface area contributed by atoms with Gasteiger partial charge >= 0.3 is 5.97 Å². The van der Waals surface area contributed by atoms with Crippen molar-refractivity contribution in [1.82, 2.24) is 4.57 Å². The fraction of sp³-hybridized carbons (Fsp3) is 0.250. The van der Waals surface area contributed by atoms with Gasteiger partial charge in [0.25, 0.3) is 0 Å². The number of ether oxygens (including phenoxy) is 4. The molecular weight excluding hydrogens is 428 g/mol. The van der Waals surface area contributed by atoms with Crippen LogP contribution in [0.4, 0.5) is 5.69 Å². The number of amides is 1. The minimum atomic E-state index is -1.16. The van der Waals surface area contributed by atoms with Crippen molar-refractivity contribution in [3.8, 4) is 28.7 Å². The highest BCUT2D eigenvalue weighted by Crippen LogP contribution is 2.47. The standard InChI is InChI=1S/C24H24N2O7/c1-30-13-8-9-17(19(10-13)32-3)26-12-16(24(28)29)21-22(26)15(11-20(27)25-21)14-6-5-7-18(31-2)23(14)33-4/h5-10,12,15H,11H2,1-4H3,(H,25,27)(H,28,29)/t15-/m0/s1. The Morgan fingerprint density at radius 3 is 2.42 bits per heavy atom. The lowest BCUT2D eigenvalue weighted by Gasteiger charge is -2.28. The van der Waals surface area contributed by atoms with E-state index in [-0.39, 0.29) is 23.6 Å². The van der Waals surface area contributed by atoms with E-state index in [1.807, 2.05) is 12.1 Å². The van der Waals surface area contributed by atoms with Crippen LogP contribution >= 0.6 is 0 Å². The third kappa shape index (κ3) is 3.71. The first-order chi connectivity index (χ1) is 15.9. The van der Waals surface area contributed by atoms with E-state index >= 15 is 0 Å². The van der Waals surface area contributed by atoms with Gasteiger partial charge in [-0.05, 0) is 18.2 Å². The number of carbonyl (C=O) groups is 2. The highest BCUT2D eigenvalue weighted by Gasteiger charge is 2.36. The van der Waals surface area contributed by atoms with E-state index in [1.165, 1.54) is 27.5 Å². The second kappa shape index (κ2) is 8.78. The minimum Gasteiger partial charge on any atom is -0.497 e. The van der Waals surface area contributed by atoms with Gasteiger partial charge in [-0.2, -0.15) is 0 Å². The number of rotatable bonds is 7. The van der Waals surface area contributed by atoms with Gasteiger partial charge in [0.1, 0.15) is 17.1 Å². The number of nitrogens with zero attached hydrogens (tertiary/aromatic N) is 1. The molecule has 4 rings (SSSR count). The SMILES string of the molecule is COc1ccc(-n2cc(C(=O)O)c3c2[C@H](c2cccc(OC)c2OC)CC(=O)N3)c(OC)c1. The number of benzene rings is 2. The van der Waals surface area contributed by atoms with Gasteiger partial charge in [0.2, 0.25) is 5.91 Å². The first-order valence-corrected chi connectivity index (χ1v) is 10.1. The van der Waals surface area contributed by atoms with E-state index in [0.29, 0.717) is 39.9 Å². The molecule has 0 aliphatic carbocycles. The Morgan fingerprint density at radius 2 is 1.79 bits per heavy atom. The molecule has 9 heteroatoms. The van der Waals surface area contributed by atoms with Crippen molar-refractivity contribution in [2.75, 3.05) is 33.8 Å². The fourth-order valence-corrected chi connectivity index (χ4v) is 4.26. The first-order valence-electron chi connectivity index (χ1n) is 10.1. The molecule has 0 radical (unpaired) electrons. The van der Waals surface area contributed by atoms with Crippen molar-refractivity contribution in [3.63, 3.8) is 0 Å². The maximum atomic E-state index is 12.7. The average Bonchev–Trinajstić information content (AvgIpc) is 3.21. The van der Waals surface area contributed by atoms with E-state index in [1.54, 1.807) is 35.9 Å². The summed E-state index contributed by atoms with van der Waals surface area (Å²) in [5.74, 6) is 0.124. The van der Waals surface area contributed by atoms with E-state index in [2.05, 4.69) is 5.32 Å². The number of para-hydroxylation sites is 1. The predicted molar refractivity (Wildman–Crippen MR) is 120 cm³/mol. The lowest BCUT2D eigenvalue weighted by Crippen LogP contribution is -2.26. The largest absolute Gasteiger partial charge is 0.497 e. The zero-order chi connectivity index (χ0) is 23.7. The minimum absolute atomic E-state index is 0.0252. The number of fused-ring (bicyclic) bond motifs is 1. The highest BCUT2D eigenvalue weighted by atomic mass is 16.5. The normalized spacial score (nSPS) is 14.8. The van der Waals surface area contributed by atoms with Crippen LogP contribution in [0.5, 0.6) is 23.0 Å². The van der Waals surface area contributed by atoms with Gasteiger partial charge in [0, 0.05) is 30.2 Å². The molecule has 0 spiro atoms. The molecular formula is C24H24N2O7. The molecule has 172 valence electrons. The molecule has 1 amide bonds. The Balaban J connectivity index is 2.02. The maximum absolute atomic E-state index is 12.7. The van der Waals surface area contributed by atoms with E-state index < -0.39 is 11.9 Å². The molecule has 2 N–H and O–H groups in total. The second-order valence-corrected chi connectivity index (χ2v) is 7.40. The lowest BCUT2D eigenvalue weighted by atomic mass is 9.87. The molecule has 9 nitrogen and oxygen atoms in total. The van der Waals surface area contributed by atoms with Gasteiger partial charge in [-0.3, -0.25) is 4.79 Å². The van der Waals surface area contributed by atoms with Crippen molar-refractivity contribution in [1.29, 1.82) is 0 Å². The number of hydrogen-bond acceptors (Lipinski definition) is 6. The number of hydrogen-bond donors (Lipinski definition) is 2. The summed E-state index contributed by atoms with van der Waals surface area (Å²) in [5.41, 5.74) is 2.12. The molecule has 1 aromatic heterocycles. The van der Waals surface area contributed by atoms with E-state index in [0.717, 1.165) is 0 Å². The zero-order valence-corrected chi connectivity index (χ0v) is 18.7. The van der Waals surface area contributed by atoms with Gasteiger partial charge in [-0.1, -0.05) is 12.1 Å². The molecule has 0 fully saturated rings. The van der Waals surface area contributed by atoms with Crippen molar-refractivity contribution < 1.29 is 33.6 Å². The summed E-state index contributed by atoms with van der Waals surface area (Å²) in [6.07, 6.45) is 1.58. The van der Waals surface area contributed by atoms with Crippen LogP contribution < -0.4 is 24.3 Å². The summed E-state index contributed by atoms with van der Waals surface area (Å²) < 4.78 is 23.7. The molecule has 2 heterocycles. The van der Waals surface area contributed by atoms with Crippen LogP contribution in [0.2, 0.25) is 0 Å². The van der Waals surface area contributed by atoms with Crippen molar-refractivity contribution >= 4 is 17.6 Å². The van der Waals surface area contributed by atoms with Crippen LogP contribution in [0.1, 0.15) is 34.0 Å². The predicted octanol–water partition coefficient (Wildman–Crippen LogP) is 3.68. The van der Waals surface area contributed by atoms with Crippen LogP contribution in [0.25, 0.3) is 5.69 Å². The topological polar surface area (TPSA) is 108 Å². The van der Waals surface area contributed by atoms with Crippen molar-refractivity contribution in [2.45, 2.75) is 12.3 Å². The zero-order valence-electron chi connectivity index (χ0n) is 18.7. The summed E-state index contributed by atoms with van der Waals surface area (Å²) >= 11 is 0. The summed E-state index contributed by atoms with van der Waals surface area (Å²) in [5, 5.41) is 12.6. The number of carbonyl (C=O) groups excluding carboxylic acids is 1. The maximum Gasteiger partial charge on any atom is 0.339 e. The lowest BCUT2D eigenvalue weighted by molar-refractivity contribution is -0.116. The molecule has 1 aliphatic rings.